The lowest BCUT2D eigenvalue weighted by Crippen LogP contribution is -2.47. The zero-order chi connectivity index (χ0) is 18.4. The molecule has 2 aromatic carbocycles. The summed E-state index contributed by atoms with van der Waals surface area (Å²) in [7, 11) is 1.57. The normalized spacial score (nSPS) is 13.8. The molecule has 2 aromatic rings. The predicted molar refractivity (Wildman–Crippen MR) is 120 cm³/mol. The zero-order valence-electron chi connectivity index (χ0n) is 16.0. The third-order valence-corrected chi connectivity index (χ3v) is 4.66. The van der Waals surface area contributed by atoms with Crippen molar-refractivity contribution < 1.29 is 9.53 Å². The molecule has 0 atom stereocenters. The Morgan fingerprint density at radius 3 is 2.36 bits per heavy atom. The van der Waals surface area contributed by atoms with Gasteiger partial charge >= 0.3 is 0 Å². The van der Waals surface area contributed by atoms with E-state index in [1.54, 1.807) is 25.3 Å². The molecule has 1 heterocycles. The van der Waals surface area contributed by atoms with Gasteiger partial charge in [0.1, 0.15) is 5.75 Å². The third-order valence-electron chi connectivity index (χ3n) is 4.66. The van der Waals surface area contributed by atoms with Crippen LogP contribution in [-0.2, 0) is 4.79 Å². The van der Waals surface area contributed by atoms with Crippen LogP contribution >= 0.6 is 24.8 Å². The van der Waals surface area contributed by atoms with Crippen LogP contribution in [0, 0.1) is 0 Å². The minimum absolute atomic E-state index is 0. The smallest absolute Gasteiger partial charge is 0.225 e. The van der Waals surface area contributed by atoms with E-state index in [9.17, 15) is 4.79 Å². The van der Waals surface area contributed by atoms with E-state index in [0.29, 0.717) is 23.5 Å². The minimum Gasteiger partial charge on any atom is -0.495 e. The number of amides is 1. The van der Waals surface area contributed by atoms with Crippen LogP contribution in [0.3, 0.4) is 0 Å². The highest BCUT2D eigenvalue weighted by Gasteiger charge is 2.17. The molecule has 0 saturated carbocycles. The number of rotatable bonds is 6. The summed E-state index contributed by atoms with van der Waals surface area (Å²) < 4.78 is 5.12. The number of carbonyl (C=O) groups excluding carboxylic acids is 1. The summed E-state index contributed by atoms with van der Waals surface area (Å²) in [6, 6.07) is 15.7. The van der Waals surface area contributed by atoms with E-state index in [1.165, 1.54) is 5.69 Å². The number of piperazine rings is 1. The number of ether oxygens (including phenoxy) is 1. The van der Waals surface area contributed by atoms with Crippen LogP contribution in [0.2, 0.25) is 0 Å². The van der Waals surface area contributed by atoms with E-state index in [0.717, 1.165) is 32.7 Å². The Hall–Kier alpha value is -2.15. The van der Waals surface area contributed by atoms with Crippen molar-refractivity contribution in [2.75, 3.05) is 55.8 Å². The SMILES string of the molecule is COc1ccc(NC(=O)CCN2CCN(c3ccccc3)CC2)cc1N.Cl.Cl. The number of hydrogen-bond acceptors (Lipinski definition) is 5. The van der Waals surface area contributed by atoms with Gasteiger partial charge in [0.2, 0.25) is 5.91 Å². The lowest BCUT2D eigenvalue weighted by molar-refractivity contribution is -0.116. The molecule has 3 rings (SSSR count). The molecule has 28 heavy (non-hydrogen) atoms. The van der Waals surface area contributed by atoms with Gasteiger partial charge in [-0.25, -0.2) is 0 Å². The first-order valence-electron chi connectivity index (χ1n) is 8.91. The van der Waals surface area contributed by atoms with Crippen LogP contribution in [0.5, 0.6) is 5.75 Å². The van der Waals surface area contributed by atoms with E-state index >= 15 is 0 Å². The van der Waals surface area contributed by atoms with Crippen LogP contribution in [-0.4, -0.2) is 50.6 Å². The van der Waals surface area contributed by atoms with Crippen LogP contribution in [0.15, 0.2) is 48.5 Å². The number of hydrogen-bond donors (Lipinski definition) is 2. The van der Waals surface area contributed by atoms with Gasteiger partial charge in [0, 0.05) is 50.5 Å². The van der Waals surface area contributed by atoms with Crippen molar-refractivity contribution in [1.29, 1.82) is 0 Å². The number of halogens is 2. The highest BCUT2D eigenvalue weighted by atomic mass is 35.5. The molecule has 0 spiro atoms. The first-order chi connectivity index (χ1) is 12.7. The molecule has 1 saturated heterocycles. The molecule has 1 amide bonds. The topological polar surface area (TPSA) is 70.8 Å². The van der Waals surface area contributed by atoms with Crippen LogP contribution in [0.1, 0.15) is 6.42 Å². The van der Waals surface area contributed by atoms with Gasteiger partial charge in [-0.05, 0) is 30.3 Å². The summed E-state index contributed by atoms with van der Waals surface area (Å²) in [6.45, 7) is 4.68. The van der Waals surface area contributed by atoms with Crippen molar-refractivity contribution in [2.45, 2.75) is 6.42 Å². The van der Waals surface area contributed by atoms with E-state index < -0.39 is 0 Å². The fourth-order valence-corrected chi connectivity index (χ4v) is 3.16. The van der Waals surface area contributed by atoms with Gasteiger partial charge in [-0.2, -0.15) is 0 Å². The van der Waals surface area contributed by atoms with Crippen molar-refractivity contribution in [3.63, 3.8) is 0 Å². The highest BCUT2D eigenvalue weighted by molar-refractivity contribution is 5.91. The maximum absolute atomic E-state index is 12.2. The largest absolute Gasteiger partial charge is 0.495 e. The third kappa shape index (κ3) is 6.48. The number of nitrogens with one attached hydrogen (secondary N) is 1. The fraction of sp³-hybridized carbons (Fsp3) is 0.350. The van der Waals surface area contributed by atoms with E-state index in [-0.39, 0.29) is 30.7 Å². The van der Waals surface area contributed by atoms with E-state index in [4.69, 9.17) is 10.5 Å². The van der Waals surface area contributed by atoms with Gasteiger partial charge in [-0.15, -0.1) is 24.8 Å². The summed E-state index contributed by atoms with van der Waals surface area (Å²) in [5.74, 6) is 0.611. The van der Waals surface area contributed by atoms with E-state index in [1.807, 2.05) is 6.07 Å². The first-order valence-corrected chi connectivity index (χ1v) is 8.91. The minimum atomic E-state index is 0. The van der Waals surface area contributed by atoms with Crippen molar-refractivity contribution in [2.24, 2.45) is 0 Å². The Morgan fingerprint density at radius 2 is 1.75 bits per heavy atom. The Bertz CT molecular complexity index is 738. The molecule has 1 aliphatic rings. The Balaban J connectivity index is 0.00000196. The molecule has 0 radical (unpaired) electrons. The molecule has 1 aliphatic heterocycles. The second-order valence-corrected chi connectivity index (χ2v) is 6.42. The Kier molecular flexibility index (Phi) is 9.93. The van der Waals surface area contributed by atoms with Crippen LogP contribution < -0.4 is 20.7 Å². The number of carbonyl (C=O) groups is 1. The van der Waals surface area contributed by atoms with Crippen LogP contribution in [0.25, 0.3) is 0 Å². The zero-order valence-corrected chi connectivity index (χ0v) is 17.6. The maximum Gasteiger partial charge on any atom is 0.225 e. The quantitative estimate of drug-likeness (QED) is 0.693. The Labute approximate surface area is 178 Å². The van der Waals surface area contributed by atoms with Gasteiger partial charge in [-0.1, -0.05) is 18.2 Å². The molecule has 1 fully saturated rings. The number of para-hydroxylation sites is 1. The second kappa shape index (κ2) is 11.6. The van der Waals surface area contributed by atoms with Crippen molar-refractivity contribution >= 4 is 47.8 Å². The van der Waals surface area contributed by atoms with Gasteiger partial charge in [-0.3, -0.25) is 9.69 Å². The number of anilines is 3. The first kappa shape index (κ1) is 23.9. The van der Waals surface area contributed by atoms with Gasteiger partial charge in [0.25, 0.3) is 0 Å². The summed E-state index contributed by atoms with van der Waals surface area (Å²) in [5, 5.41) is 2.90. The molecule has 0 bridgehead atoms. The summed E-state index contributed by atoms with van der Waals surface area (Å²) in [5.41, 5.74) is 8.35. The van der Waals surface area contributed by atoms with Crippen molar-refractivity contribution in [3.8, 4) is 5.75 Å². The molecule has 154 valence electrons. The Morgan fingerprint density at radius 1 is 1.07 bits per heavy atom. The lowest BCUT2D eigenvalue weighted by atomic mass is 10.2. The standard InChI is InChI=1S/C20H26N4O2.2ClH/c1-26-19-8-7-16(15-18(19)21)22-20(25)9-10-23-11-13-24(14-12-23)17-5-3-2-4-6-17;;/h2-8,15H,9-14,21H2,1H3,(H,22,25);2*1H. The summed E-state index contributed by atoms with van der Waals surface area (Å²) >= 11 is 0. The molecule has 8 heteroatoms. The van der Waals surface area contributed by atoms with Crippen molar-refractivity contribution in [3.05, 3.63) is 48.5 Å². The molecule has 0 aromatic heterocycles. The van der Waals surface area contributed by atoms with Crippen LogP contribution in [0.4, 0.5) is 17.1 Å². The number of nitrogens with zero attached hydrogens (tertiary/aromatic N) is 2. The van der Waals surface area contributed by atoms with Gasteiger partial charge < -0.3 is 20.7 Å². The average molecular weight is 427 g/mol. The molecule has 0 aliphatic carbocycles. The lowest BCUT2D eigenvalue weighted by Gasteiger charge is -2.36. The molecule has 3 N–H and O–H groups in total. The maximum atomic E-state index is 12.2. The van der Waals surface area contributed by atoms with Crippen molar-refractivity contribution in [1.82, 2.24) is 4.90 Å². The number of nitrogen functional groups attached to an aromatic ring is 1. The second-order valence-electron chi connectivity index (χ2n) is 6.42. The number of methoxy groups -OCH3 is 1. The number of benzene rings is 2. The van der Waals surface area contributed by atoms with Gasteiger partial charge in [0.05, 0.1) is 12.8 Å². The molecular weight excluding hydrogens is 399 g/mol. The number of nitrogens with two attached hydrogens (primary N) is 1. The molecular formula is C20H28Cl2N4O2. The monoisotopic (exact) mass is 426 g/mol. The summed E-state index contributed by atoms with van der Waals surface area (Å²) in [6.07, 6.45) is 0.470. The van der Waals surface area contributed by atoms with E-state index in [2.05, 4.69) is 39.4 Å². The predicted octanol–water partition coefficient (Wildman–Crippen LogP) is 3.27. The molecule has 0 unspecified atom stereocenters. The highest BCUT2D eigenvalue weighted by Crippen LogP contribution is 2.24. The van der Waals surface area contributed by atoms with Gasteiger partial charge in [0.15, 0.2) is 0 Å². The average Bonchev–Trinajstić information content (AvgIpc) is 2.68. The fourth-order valence-electron chi connectivity index (χ4n) is 3.16. The summed E-state index contributed by atoms with van der Waals surface area (Å²) in [4.78, 5) is 16.9. The molecule has 6 nitrogen and oxygen atoms in total.